The molecule has 0 saturated carbocycles. The van der Waals surface area contributed by atoms with Gasteiger partial charge in [-0.25, -0.2) is 4.79 Å². The second kappa shape index (κ2) is 9.91. The van der Waals surface area contributed by atoms with Crippen molar-refractivity contribution in [1.29, 1.82) is 0 Å². The lowest BCUT2D eigenvalue weighted by Gasteiger charge is -2.34. The molecule has 162 valence electrons. The zero-order chi connectivity index (χ0) is 22.3. The number of carbonyl (C=O) groups is 4. The van der Waals surface area contributed by atoms with E-state index in [9.17, 15) is 19.2 Å². The van der Waals surface area contributed by atoms with Crippen molar-refractivity contribution in [2.24, 2.45) is 0 Å². The summed E-state index contributed by atoms with van der Waals surface area (Å²) in [6, 6.07) is 7.83. The molecule has 1 atom stereocenters. The fraction of sp³-hybridized carbons (Fsp3) is 0.429. The van der Waals surface area contributed by atoms with Crippen molar-refractivity contribution >= 4 is 23.9 Å². The molecule has 9 nitrogen and oxygen atoms in total. The lowest BCUT2D eigenvalue weighted by atomic mass is 10.1. The van der Waals surface area contributed by atoms with Gasteiger partial charge >= 0.3 is 18.0 Å². The van der Waals surface area contributed by atoms with Gasteiger partial charge < -0.3 is 19.1 Å². The van der Waals surface area contributed by atoms with E-state index in [1.807, 2.05) is 18.2 Å². The normalized spacial score (nSPS) is 16.3. The summed E-state index contributed by atoms with van der Waals surface area (Å²) in [5.74, 6) is -1.91. The Bertz CT molecular complexity index is 814. The van der Waals surface area contributed by atoms with Crippen LogP contribution >= 0.6 is 0 Å². The van der Waals surface area contributed by atoms with E-state index in [4.69, 9.17) is 9.47 Å². The van der Waals surface area contributed by atoms with Gasteiger partial charge in [0.2, 0.25) is 0 Å². The molecule has 1 aromatic carbocycles. The van der Waals surface area contributed by atoms with Crippen LogP contribution in [-0.4, -0.2) is 59.0 Å². The number of rotatable bonds is 6. The highest BCUT2D eigenvalue weighted by Gasteiger charge is 2.38. The summed E-state index contributed by atoms with van der Waals surface area (Å²) in [4.78, 5) is 51.4. The van der Waals surface area contributed by atoms with Gasteiger partial charge in [0.05, 0.1) is 13.5 Å². The summed E-state index contributed by atoms with van der Waals surface area (Å²) in [6.07, 6.45) is 1.40. The molecule has 0 spiro atoms. The lowest BCUT2D eigenvalue weighted by Crippen LogP contribution is -2.53. The summed E-state index contributed by atoms with van der Waals surface area (Å²) < 4.78 is 15.1. The van der Waals surface area contributed by atoms with Crippen LogP contribution in [0.2, 0.25) is 0 Å². The lowest BCUT2D eigenvalue weighted by molar-refractivity contribution is -0.158. The van der Waals surface area contributed by atoms with Crippen LogP contribution in [0.3, 0.4) is 0 Å². The number of hydrogen-bond donors (Lipinski definition) is 0. The van der Waals surface area contributed by atoms with Gasteiger partial charge in [-0.2, -0.15) is 0 Å². The van der Waals surface area contributed by atoms with Crippen LogP contribution in [0.5, 0.6) is 0 Å². The predicted molar refractivity (Wildman–Crippen MR) is 106 cm³/mol. The van der Waals surface area contributed by atoms with Crippen molar-refractivity contribution in [3.63, 3.8) is 0 Å². The van der Waals surface area contributed by atoms with E-state index in [-0.39, 0.29) is 19.6 Å². The highest BCUT2D eigenvalue weighted by Crippen LogP contribution is 2.19. The first-order chi connectivity index (χ1) is 14.1. The number of esters is 2. The zero-order valence-electron chi connectivity index (χ0n) is 17.5. The Morgan fingerprint density at radius 1 is 1.03 bits per heavy atom. The van der Waals surface area contributed by atoms with Crippen molar-refractivity contribution in [3.05, 3.63) is 48.3 Å². The maximum atomic E-state index is 12.9. The van der Waals surface area contributed by atoms with Gasteiger partial charge in [0.25, 0.3) is 5.91 Å². The summed E-state index contributed by atoms with van der Waals surface area (Å²) in [5.41, 5.74) is 0.0624. The van der Waals surface area contributed by atoms with Crippen LogP contribution in [0.25, 0.3) is 0 Å². The molecule has 0 radical (unpaired) electrons. The Balaban J connectivity index is 2.13. The number of ether oxygens (including phenoxy) is 3. The average molecular weight is 418 g/mol. The first kappa shape index (κ1) is 22.9. The Labute approximate surface area is 175 Å². The Hall–Kier alpha value is -3.36. The van der Waals surface area contributed by atoms with Crippen molar-refractivity contribution < 1.29 is 33.4 Å². The van der Waals surface area contributed by atoms with Crippen LogP contribution in [0, 0.1) is 0 Å². The largest absolute Gasteiger partial charge is 0.469 e. The van der Waals surface area contributed by atoms with Crippen molar-refractivity contribution in [2.45, 2.75) is 45.4 Å². The minimum Gasteiger partial charge on any atom is -0.469 e. The third kappa shape index (κ3) is 6.61. The SMILES string of the molecule is COC(=O)C[C@H]1C(=O)N(CC(=O)OC(C)(C)C)C=CN1C(=O)OCc1ccccc1. The highest BCUT2D eigenvalue weighted by atomic mass is 16.6. The number of nitrogens with zero attached hydrogens (tertiary/aromatic N) is 2. The summed E-state index contributed by atoms with van der Waals surface area (Å²) in [5, 5.41) is 0. The standard InChI is InChI=1S/C21H26N2O7/c1-21(2,3)30-18(25)13-22-10-11-23(16(19(22)26)12-17(24)28-4)20(27)29-14-15-8-6-5-7-9-15/h5-11,16H,12-14H2,1-4H3/t16-/m0/s1. The summed E-state index contributed by atoms with van der Waals surface area (Å²) >= 11 is 0. The first-order valence-corrected chi connectivity index (χ1v) is 9.37. The minimum absolute atomic E-state index is 0.00473. The van der Waals surface area contributed by atoms with E-state index in [2.05, 4.69) is 4.74 Å². The number of amides is 2. The Morgan fingerprint density at radius 3 is 2.30 bits per heavy atom. The smallest absolute Gasteiger partial charge is 0.414 e. The molecule has 0 bridgehead atoms. The molecule has 0 aliphatic carbocycles. The van der Waals surface area contributed by atoms with Gasteiger partial charge in [0, 0.05) is 12.4 Å². The number of methoxy groups -OCH3 is 1. The molecule has 1 heterocycles. The average Bonchev–Trinajstić information content (AvgIpc) is 2.68. The molecule has 2 rings (SSSR count). The molecular weight excluding hydrogens is 392 g/mol. The van der Waals surface area contributed by atoms with Crippen LogP contribution in [0.15, 0.2) is 42.7 Å². The Morgan fingerprint density at radius 2 is 1.70 bits per heavy atom. The summed E-state index contributed by atoms with van der Waals surface area (Å²) in [7, 11) is 1.18. The van der Waals surface area contributed by atoms with E-state index in [1.165, 1.54) is 19.5 Å². The minimum atomic E-state index is -1.20. The van der Waals surface area contributed by atoms with Crippen molar-refractivity contribution in [3.8, 4) is 0 Å². The van der Waals surface area contributed by atoms with Crippen LogP contribution in [0.4, 0.5) is 4.79 Å². The van der Waals surface area contributed by atoms with Gasteiger partial charge in [-0.3, -0.25) is 19.3 Å². The molecule has 0 unspecified atom stereocenters. The van der Waals surface area contributed by atoms with Gasteiger partial charge in [-0.1, -0.05) is 30.3 Å². The molecule has 1 aliphatic heterocycles. The fourth-order valence-corrected chi connectivity index (χ4v) is 2.69. The molecule has 1 aliphatic rings. The van der Waals surface area contributed by atoms with E-state index >= 15 is 0 Å². The molecule has 2 amide bonds. The molecule has 0 saturated heterocycles. The number of benzene rings is 1. The number of carbonyl (C=O) groups excluding carboxylic acids is 4. The molecule has 9 heteroatoms. The predicted octanol–water partition coefficient (Wildman–Crippen LogP) is 2.21. The van der Waals surface area contributed by atoms with Gasteiger partial charge in [-0.15, -0.1) is 0 Å². The summed E-state index contributed by atoms with van der Waals surface area (Å²) in [6.45, 7) is 4.79. The van der Waals surface area contributed by atoms with Gasteiger partial charge in [-0.05, 0) is 26.3 Å². The van der Waals surface area contributed by atoms with Crippen LogP contribution < -0.4 is 0 Å². The molecule has 0 fully saturated rings. The van der Waals surface area contributed by atoms with Crippen molar-refractivity contribution in [2.75, 3.05) is 13.7 Å². The number of hydrogen-bond acceptors (Lipinski definition) is 7. The van der Waals surface area contributed by atoms with E-state index in [1.54, 1.807) is 32.9 Å². The van der Waals surface area contributed by atoms with Gasteiger partial charge in [0.15, 0.2) is 0 Å². The monoisotopic (exact) mass is 418 g/mol. The van der Waals surface area contributed by atoms with Crippen LogP contribution in [0.1, 0.15) is 32.8 Å². The van der Waals surface area contributed by atoms with E-state index in [0.29, 0.717) is 0 Å². The zero-order valence-corrected chi connectivity index (χ0v) is 17.5. The second-order valence-corrected chi connectivity index (χ2v) is 7.59. The topological polar surface area (TPSA) is 102 Å². The first-order valence-electron chi connectivity index (χ1n) is 9.37. The van der Waals surface area contributed by atoms with Gasteiger partial charge in [0.1, 0.15) is 24.8 Å². The van der Waals surface area contributed by atoms with E-state index in [0.717, 1.165) is 15.4 Å². The third-order valence-electron chi connectivity index (χ3n) is 4.03. The maximum absolute atomic E-state index is 12.9. The quantitative estimate of drug-likeness (QED) is 0.515. The highest BCUT2D eigenvalue weighted by molar-refractivity contribution is 5.93. The molecule has 0 N–H and O–H groups in total. The maximum Gasteiger partial charge on any atom is 0.414 e. The third-order valence-corrected chi connectivity index (χ3v) is 4.03. The van der Waals surface area contributed by atoms with Crippen LogP contribution in [-0.2, 0) is 35.2 Å². The molecule has 30 heavy (non-hydrogen) atoms. The molecule has 0 aromatic heterocycles. The molecular formula is C21H26N2O7. The van der Waals surface area contributed by atoms with E-state index < -0.39 is 35.6 Å². The fourth-order valence-electron chi connectivity index (χ4n) is 2.69. The second-order valence-electron chi connectivity index (χ2n) is 7.59. The van der Waals surface area contributed by atoms with Crippen molar-refractivity contribution in [1.82, 2.24) is 9.80 Å². The Kier molecular flexibility index (Phi) is 7.57. The molecule has 1 aromatic rings.